The van der Waals surface area contributed by atoms with Gasteiger partial charge in [-0.15, -0.1) is 0 Å². The van der Waals surface area contributed by atoms with E-state index >= 15 is 0 Å². The summed E-state index contributed by atoms with van der Waals surface area (Å²) in [4.78, 5) is 0. The fourth-order valence-electron chi connectivity index (χ4n) is 2.04. The SMILES string of the molecule is C[C@@H](CCO)C[C@@H](C)OC1CCCCO1. The Balaban J connectivity index is 2.13. The quantitative estimate of drug-likeness (QED) is 0.740. The lowest BCUT2D eigenvalue weighted by Crippen LogP contribution is -2.27. The van der Waals surface area contributed by atoms with Gasteiger partial charge in [0.2, 0.25) is 0 Å². The Morgan fingerprint density at radius 3 is 2.80 bits per heavy atom. The molecule has 1 fully saturated rings. The molecule has 3 heteroatoms. The zero-order valence-electron chi connectivity index (χ0n) is 9.95. The van der Waals surface area contributed by atoms with Gasteiger partial charge in [0.15, 0.2) is 6.29 Å². The van der Waals surface area contributed by atoms with Crippen LogP contribution in [0.3, 0.4) is 0 Å². The smallest absolute Gasteiger partial charge is 0.157 e. The van der Waals surface area contributed by atoms with E-state index in [0.717, 1.165) is 32.3 Å². The van der Waals surface area contributed by atoms with E-state index in [-0.39, 0.29) is 19.0 Å². The summed E-state index contributed by atoms with van der Waals surface area (Å²) in [6.45, 7) is 5.35. The minimum atomic E-state index is 0.00933. The normalized spacial score (nSPS) is 26.2. The summed E-state index contributed by atoms with van der Waals surface area (Å²) in [5.74, 6) is 0.522. The summed E-state index contributed by atoms with van der Waals surface area (Å²) < 4.78 is 11.3. The monoisotopic (exact) mass is 216 g/mol. The van der Waals surface area contributed by atoms with Crippen molar-refractivity contribution >= 4 is 0 Å². The van der Waals surface area contributed by atoms with Crippen molar-refractivity contribution in [3.05, 3.63) is 0 Å². The zero-order valence-corrected chi connectivity index (χ0v) is 9.95. The predicted octanol–water partition coefficient (Wildman–Crippen LogP) is 2.33. The van der Waals surface area contributed by atoms with E-state index in [1.807, 2.05) is 0 Å². The van der Waals surface area contributed by atoms with Crippen LogP contribution in [0, 0.1) is 5.92 Å². The average Bonchev–Trinajstić information content (AvgIpc) is 2.19. The first kappa shape index (κ1) is 12.9. The topological polar surface area (TPSA) is 38.7 Å². The number of hydrogen-bond donors (Lipinski definition) is 1. The van der Waals surface area contributed by atoms with E-state index in [4.69, 9.17) is 14.6 Å². The van der Waals surface area contributed by atoms with Crippen molar-refractivity contribution in [3.63, 3.8) is 0 Å². The third kappa shape index (κ3) is 5.50. The van der Waals surface area contributed by atoms with Gasteiger partial charge in [-0.2, -0.15) is 0 Å². The second-order valence-electron chi connectivity index (χ2n) is 4.60. The first-order valence-corrected chi connectivity index (χ1v) is 6.10. The second kappa shape index (κ2) is 7.20. The van der Waals surface area contributed by atoms with Gasteiger partial charge in [-0.3, -0.25) is 0 Å². The van der Waals surface area contributed by atoms with Gasteiger partial charge in [0.1, 0.15) is 0 Å². The Bertz CT molecular complexity index is 155. The lowest BCUT2D eigenvalue weighted by molar-refractivity contribution is -0.187. The van der Waals surface area contributed by atoms with Crippen LogP contribution in [0.5, 0.6) is 0 Å². The Morgan fingerprint density at radius 1 is 1.40 bits per heavy atom. The van der Waals surface area contributed by atoms with Crippen LogP contribution < -0.4 is 0 Å². The molecule has 1 rings (SSSR count). The molecule has 0 aromatic rings. The summed E-state index contributed by atoms with van der Waals surface area (Å²) >= 11 is 0. The Hall–Kier alpha value is -0.120. The third-order valence-electron chi connectivity index (χ3n) is 2.88. The standard InChI is InChI=1S/C12H24O3/c1-10(6-7-13)9-11(2)15-12-5-3-4-8-14-12/h10-13H,3-9H2,1-2H3/t10-,11+,12?/m0/s1. The molecule has 0 amide bonds. The minimum Gasteiger partial charge on any atom is -0.396 e. The first-order chi connectivity index (χ1) is 7.22. The number of rotatable bonds is 6. The Morgan fingerprint density at radius 2 is 2.20 bits per heavy atom. The molecule has 1 aliphatic heterocycles. The van der Waals surface area contributed by atoms with Gasteiger partial charge in [0.25, 0.3) is 0 Å². The molecular weight excluding hydrogens is 192 g/mol. The molecule has 1 unspecified atom stereocenters. The molecule has 0 bridgehead atoms. The number of hydrogen-bond acceptors (Lipinski definition) is 3. The molecule has 1 saturated heterocycles. The molecule has 0 radical (unpaired) electrons. The van der Waals surface area contributed by atoms with Gasteiger partial charge in [0, 0.05) is 13.2 Å². The van der Waals surface area contributed by atoms with Crippen LogP contribution in [0.1, 0.15) is 46.0 Å². The molecule has 1 heterocycles. The van der Waals surface area contributed by atoms with Crippen LogP contribution in [-0.2, 0) is 9.47 Å². The van der Waals surface area contributed by atoms with Crippen molar-refractivity contribution in [2.24, 2.45) is 5.92 Å². The Kier molecular flexibility index (Phi) is 6.22. The number of aliphatic hydroxyl groups is 1. The van der Waals surface area contributed by atoms with Crippen molar-refractivity contribution in [2.45, 2.75) is 58.3 Å². The maximum atomic E-state index is 8.81. The molecular formula is C12H24O3. The van der Waals surface area contributed by atoms with E-state index in [9.17, 15) is 0 Å². The summed E-state index contributed by atoms with van der Waals surface area (Å²) in [7, 11) is 0. The van der Waals surface area contributed by atoms with Crippen LogP contribution in [0.25, 0.3) is 0 Å². The molecule has 0 aromatic heterocycles. The third-order valence-corrected chi connectivity index (χ3v) is 2.88. The highest BCUT2D eigenvalue weighted by molar-refractivity contribution is 4.61. The van der Waals surface area contributed by atoms with Gasteiger partial charge in [-0.05, 0) is 44.9 Å². The van der Waals surface area contributed by atoms with Crippen LogP contribution in [-0.4, -0.2) is 30.7 Å². The lowest BCUT2D eigenvalue weighted by atomic mass is 10.0. The van der Waals surface area contributed by atoms with E-state index in [1.54, 1.807) is 0 Å². The van der Waals surface area contributed by atoms with E-state index in [1.165, 1.54) is 6.42 Å². The fraction of sp³-hybridized carbons (Fsp3) is 1.00. The summed E-state index contributed by atoms with van der Waals surface area (Å²) in [5.41, 5.74) is 0. The second-order valence-corrected chi connectivity index (χ2v) is 4.60. The Labute approximate surface area is 92.8 Å². The highest BCUT2D eigenvalue weighted by Crippen LogP contribution is 2.19. The van der Waals surface area contributed by atoms with Gasteiger partial charge in [-0.1, -0.05) is 6.92 Å². The van der Waals surface area contributed by atoms with Gasteiger partial charge >= 0.3 is 0 Å². The van der Waals surface area contributed by atoms with Crippen molar-refractivity contribution in [3.8, 4) is 0 Å². The van der Waals surface area contributed by atoms with Crippen molar-refractivity contribution in [2.75, 3.05) is 13.2 Å². The molecule has 3 atom stereocenters. The molecule has 0 aromatic carbocycles. The molecule has 0 saturated carbocycles. The van der Waals surface area contributed by atoms with E-state index in [2.05, 4.69) is 13.8 Å². The van der Waals surface area contributed by atoms with Crippen molar-refractivity contribution in [1.82, 2.24) is 0 Å². The molecule has 0 spiro atoms. The summed E-state index contributed by atoms with van der Waals surface area (Å²) in [5, 5.41) is 8.81. The molecule has 3 nitrogen and oxygen atoms in total. The highest BCUT2D eigenvalue weighted by atomic mass is 16.7. The summed E-state index contributed by atoms with van der Waals surface area (Å²) in [6.07, 6.45) is 5.50. The molecule has 0 aliphatic carbocycles. The lowest BCUT2D eigenvalue weighted by Gasteiger charge is -2.27. The van der Waals surface area contributed by atoms with E-state index < -0.39 is 0 Å². The molecule has 15 heavy (non-hydrogen) atoms. The van der Waals surface area contributed by atoms with Gasteiger partial charge < -0.3 is 14.6 Å². The van der Waals surface area contributed by atoms with Crippen LogP contribution in [0.2, 0.25) is 0 Å². The van der Waals surface area contributed by atoms with Crippen LogP contribution in [0.4, 0.5) is 0 Å². The minimum absolute atomic E-state index is 0.00933. The highest BCUT2D eigenvalue weighted by Gasteiger charge is 2.18. The molecule has 90 valence electrons. The van der Waals surface area contributed by atoms with Gasteiger partial charge in [-0.25, -0.2) is 0 Å². The average molecular weight is 216 g/mol. The largest absolute Gasteiger partial charge is 0.396 e. The van der Waals surface area contributed by atoms with Crippen molar-refractivity contribution < 1.29 is 14.6 Å². The number of aliphatic hydroxyl groups excluding tert-OH is 1. The summed E-state index contributed by atoms with van der Waals surface area (Å²) in [6, 6.07) is 0. The maximum absolute atomic E-state index is 8.81. The van der Waals surface area contributed by atoms with Crippen molar-refractivity contribution in [1.29, 1.82) is 0 Å². The van der Waals surface area contributed by atoms with Crippen LogP contribution >= 0.6 is 0 Å². The zero-order chi connectivity index (χ0) is 11.1. The molecule has 1 N–H and O–H groups in total. The van der Waals surface area contributed by atoms with Gasteiger partial charge in [0.05, 0.1) is 6.10 Å². The number of ether oxygens (including phenoxy) is 2. The van der Waals surface area contributed by atoms with Crippen LogP contribution in [0.15, 0.2) is 0 Å². The first-order valence-electron chi connectivity index (χ1n) is 6.10. The predicted molar refractivity (Wildman–Crippen MR) is 59.6 cm³/mol. The fourth-order valence-corrected chi connectivity index (χ4v) is 2.04. The van der Waals surface area contributed by atoms with E-state index in [0.29, 0.717) is 5.92 Å². The maximum Gasteiger partial charge on any atom is 0.157 e. The molecule has 1 aliphatic rings.